The van der Waals surface area contributed by atoms with Gasteiger partial charge in [-0.2, -0.15) is 0 Å². The van der Waals surface area contributed by atoms with E-state index in [1.165, 1.54) is 10.9 Å². The number of hydrogen-bond donors (Lipinski definition) is 1. The fourth-order valence-corrected chi connectivity index (χ4v) is 1.56. The quantitative estimate of drug-likeness (QED) is 0.660. The maximum Gasteiger partial charge on any atom is 0.342 e. The number of nitrogens with one attached hydrogen (secondary N) is 1. The van der Waals surface area contributed by atoms with Gasteiger partial charge in [-0.3, -0.25) is 5.10 Å². The molecule has 7 heteroatoms. The van der Waals surface area contributed by atoms with Gasteiger partial charge in [0.2, 0.25) is 5.95 Å². The molecule has 0 fully saturated rings. The molecule has 2 aromatic heterocycles. The van der Waals surface area contributed by atoms with E-state index >= 15 is 0 Å². The predicted octanol–water partition coefficient (Wildman–Crippen LogP) is 1.50. The molecule has 2 aromatic rings. The average Bonchev–Trinajstić information content (AvgIpc) is 2.72. The molecule has 17 heavy (non-hydrogen) atoms. The molecule has 0 aliphatic rings. The molecule has 2 heterocycles. The highest BCUT2D eigenvalue weighted by Crippen LogP contribution is 2.07. The van der Waals surface area contributed by atoms with Gasteiger partial charge in [0.1, 0.15) is 10.2 Å². The zero-order valence-electron chi connectivity index (χ0n) is 9.08. The van der Waals surface area contributed by atoms with Crippen molar-refractivity contribution in [1.29, 1.82) is 0 Å². The van der Waals surface area contributed by atoms with E-state index in [0.717, 1.165) is 0 Å². The molecule has 6 nitrogen and oxygen atoms in total. The number of carbonyl (C=O) groups is 1. The number of rotatable bonds is 3. The van der Waals surface area contributed by atoms with E-state index in [-0.39, 0.29) is 0 Å². The van der Waals surface area contributed by atoms with Crippen LogP contribution in [0.1, 0.15) is 17.3 Å². The molecule has 0 atom stereocenters. The molecule has 0 aromatic carbocycles. The number of aromatic nitrogens is 4. The van der Waals surface area contributed by atoms with E-state index in [9.17, 15) is 4.79 Å². The molecule has 0 radical (unpaired) electrons. The first-order valence-electron chi connectivity index (χ1n) is 4.99. The second kappa shape index (κ2) is 4.88. The smallest absolute Gasteiger partial charge is 0.342 e. The summed E-state index contributed by atoms with van der Waals surface area (Å²) >= 11 is 5.15. The molecule has 0 saturated heterocycles. The third-order valence-electron chi connectivity index (χ3n) is 2.02. The summed E-state index contributed by atoms with van der Waals surface area (Å²) in [4.78, 5) is 19.6. The molecule has 0 aliphatic carbocycles. The zero-order valence-corrected chi connectivity index (χ0v) is 9.90. The van der Waals surface area contributed by atoms with E-state index in [1.807, 2.05) is 0 Å². The Morgan fingerprint density at radius 1 is 1.53 bits per heavy atom. The van der Waals surface area contributed by atoms with Crippen LogP contribution in [0.2, 0.25) is 0 Å². The third kappa shape index (κ3) is 2.23. The van der Waals surface area contributed by atoms with Crippen LogP contribution < -0.4 is 0 Å². The topological polar surface area (TPSA) is 72.8 Å². The van der Waals surface area contributed by atoms with Crippen LogP contribution in [0.3, 0.4) is 0 Å². The van der Waals surface area contributed by atoms with Crippen LogP contribution in [0.5, 0.6) is 0 Å². The van der Waals surface area contributed by atoms with Crippen LogP contribution in [-0.4, -0.2) is 32.3 Å². The zero-order chi connectivity index (χ0) is 12.3. The van der Waals surface area contributed by atoms with Crippen molar-refractivity contribution in [2.24, 2.45) is 0 Å². The first kappa shape index (κ1) is 11.5. The molecule has 0 amide bonds. The molecule has 0 saturated carbocycles. The maximum atomic E-state index is 11.5. The van der Waals surface area contributed by atoms with Gasteiger partial charge in [0.05, 0.1) is 6.61 Å². The summed E-state index contributed by atoms with van der Waals surface area (Å²) in [7, 11) is 0. The van der Waals surface area contributed by atoms with Gasteiger partial charge in [0.25, 0.3) is 0 Å². The lowest BCUT2D eigenvalue weighted by molar-refractivity contribution is 0.0525. The fourth-order valence-electron chi connectivity index (χ4n) is 1.28. The molecular formula is C10H10N4O2S. The van der Waals surface area contributed by atoms with E-state index in [0.29, 0.717) is 22.8 Å². The minimum absolute atomic E-state index is 0.300. The normalized spacial score (nSPS) is 10.2. The van der Waals surface area contributed by atoms with Crippen molar-refractivity contribution in [3.8, 4) is 5.95 Å². The summed E-state index contributed by atoms with van der Waals surface area (Å²) in [5.74, 6) is -0.0727. The van der Waals surface area contributed by atoms with Crippen molar-refractivity contribution in [2.75, 3.05) is 6.61 Å². The molecule has 1 N–H and O–H groups in total. The number of H-pyrrole nitrogens is 1. The van der Waals surface area contributed by atoms with Crippen molar-refractivity contribution in [1.82, 2.24) is 19.7 Å². The number of aromatic amines is 1. The number of hydrogen-bond acceptors (Lipinski definition) is 5. The largest absolute Gasteiger partial charge is 0.462 e. The lowest BCUT2D eigenvalue weighted by Crippen LogP contribution is -2.06. The number of esters is 1. The molecule has 88 valence electrons. The van der Waals surface area contributed by atoms with Crippen molar-refractivity contribution in [3.05, 3.63) is 34.9 Å². The minimum atomic E-state index is -0.455. The summed E-state index contributed by atoms with van der Waals surface area (Å²) < 4.78 is 6.62. The lowest BCUT2D eigenvalue weighted by atomic mass is 10.4. The highest BCUT2D eigenvalue weighted by molar-refractivity contribution is 7.71. The fraction of sp³-hybridized carbons (Fsp3) is 0.200. The Morgan fingerprint density at radius 3 is 2.88 bits per heavy atom. The number of nitrogens with zero attached hydrogens (tertiary/aromatic N) is 3. The van der Waals surface area contributed by atoms with Crippen LogP contribution in [0.15, 0.2) is 24.7 Å². The molecule has 0 bridgehead atoms. The summed E-state index contributed by atoms with van der Waals surface area (Å²) in [6, 6.07) is 1.70. The van der Waals surface area contributed by atoms with Crippen molar-refractivity contribution in [3.63, 3.8) is 0 Å². The van der Waals surface area contributed by atoms with Gasteiger partial charge in [-0.1, -0.05) is 12.2 Å². The van der Waals surface area contributed by atoms with E-state index < -0.39 is 5.97 Å². The summed E-state index contributed by atoms with van der Waals surface area (Å²) in [6.07, 6.45) is 4.67. The first-order chi connectivity index (χ1) is 8.24. The molecule has 0 unspecified atom stereocenters. The third-order valence-corrected chi connectivity index (χ3v) is 2.42. The second-order valence-electron chi connectivity index (χ2n) is 3.10. The Hall–Kier alpha value is -2.02. The SMILES string of the molecule is CCOC(=O)c1c[nH]n(-c2ncccn2)c1=S. The van der Waals surface area contributed by atoms with Crippen molar-refractivity contribution < 1.29 is 9.53 Å². The Morgan fingerprint density at radius 2 is 2.24 bits per heavy atom. The highest BCUT2D eigenvalue weighted by atomic mass is 32.1. The minimum Gasteiger partial charge on any atom is -0.462 e. The summed E-state index contributed by atoms with van der Waals surface area (Å²) in [6.45, 7) is 2.04. The van der Waals surface area contributed by atoms with Crippen LogP contribution in [0.25, 0.3) is 5.95 Å². The Balaban J connectivity index is 2.40. The average molecular weight is 250 g/mol. The van der Waals surface area contributed by atoms with Crippen LogP contribution in [-0.2, 0) is 4.74 Å². The van der Waals surface area contributed by atoms with Crippen LogP contribution in [0, 0.1) is 4.64 Å². The van der Waals surface area contributed by atoms with Gasteiger partial charge in [0, 0.05) is 18.6 Å². The monoisotopic (exact) mass is 250 g/mol. The van der Waals surface area contributed by atoms with Gasteiger partial charge >= 0.3 is 5.97 Å². The lowest BCUT2D eigenvalue weighted by Gasteiger charge is -1.99. The molecule has 0 spiro atoms. The van der Waals surface area contributed by atoms with E-state index in [4.69, 9.17) is 17.0 Å². The van der Waals surface area contributed by atoms with Crippen LogP contribution in [0.4, 0.5) is 0 Å². The Kier molecular flexibility index (Phi) is 3.29. The summed E-state index contributed by atoms with van der Waals surface area (Å²) in [5, 5.41) is 2.82. The Bertz CT molecular complexity index is 575. The van der Waals surface area contributed by atoms with Gasteiger partial charge in [-0.05, 0) is 13.0 Å². The van der Waals surface area contributed by atoms with Gasteiger partial charge in [0.15, 0.2) is 0 Å². The standard InChI is InChI=1S/C10H10N4O2S/c1-2-16-9(15)7-6-13-14(8(7)17)10-11-4-3-5-12-10/h3-6,13H,2H2,1H3. The van der Waals surface area contributed by atoms with Crippen LogP contribution >= 0.6 is 12.2 Å². The first-order valence-corrected chi connectivity index (χ1v) is 5.39. The van der Waals surface area contributed by atoms with E-state index in [2.05, 4.69) is 15.1 Å². The molecule has 0 aliphatic heterocycles. The molecule has 2 rings (SSSR count). The second-order valence-corrected chi connectivity index (χ2v) is 3.48. The van der Waals surface area contributed by atoms with Crippen molar-refractivity contribution in [2.45, 2.75) is 6.92 Å². The predicted molar refractivity (Wildman–Crippen MR) is 62.5 cm³/mol. The van der Waals surface area contributed by atoms with Crippen molar-refractivity contribution >= 4 is 18.2 Å². The highest BCUT2D eigenvalue weighted by Gasteiger charge is 2.14. The van der Waals surface area contributed by atoms with Gasteiger partial charge in [-0.15, -0.1) is 0 Å². The maximum absolute atomic E-state index is 11.5. The van der Waals surface area contributed by atoms with Gasteiger partial charge in [-0.25, -0.2) is 19.4 Å². The Labute approximate surface area is 102 Å². The number of ether oxygens (including phenoxy) is 1. The number of carbonyl (C=O) groups excluding carboxylic acids is 1. The molecular weight excluding hydrogens is 240 g/mol. The summed E-state index contributed by atoms with van der Waals surface area (Å²) in [5.41, 5.74) is 0.300. The van der Waals surface area contributed by atoms with Gasteiger partial charge < -0.3 is 4.74 Å². The van der Waals surface area contributed by atoms with E-state index in [1.54, 1.807) is 25.4 Å².